The number of hydrogen-bond acceptors (Lipinski definition) is 4. The summed E-state index contributed by atoms with van der Waals surface area (Å²) in [7, 11) is 0. The summed E-state index contributed by atoms with van der Waals surface area (Å²) >= 11 is 0. The van der Waals surface area contributed by atoms with E-state index in [2.05, 4.69) is 4.98 Å². The van der Waals surface area contributed by atoms with Gasteiger partial charge in [-0.25, -0.2) is 4.79 Å². The number of ether oxygens (including phenoxy) is 1. The van der Waals surface area contributed by atoms with E-state index in [1.165, 1.54) is 0 Å². The second kappa shape index (κ2) is 7.87. The van der Waals surface area contributed by atoms with Gasteiger partial charge >= 0.3 is 6.09 Å². The molecule has 1 saturated carbocycles. The molecule has 0 spiro atoms. The van der Waals surface area contributed by atoms with Crippen LogP contribution in [0.15, 0.2) is 24.4 Å². The van der Waals surface area contributed by atoms with Gasteiger partial charge in [0.15, 0.2) is 0 Å². The van der Waals surface area contributed by atoms with Crippen LogP contribution in [0.3, 0.4) is 0 Å². The molecule has 0 N–H and O–H groups in total. The molecule has 2 fully saturated rings. The summed E-state index contributed by atoms with van der Waals surface area (Å²) in [4.78, 5) is 33.9. The third-order valence-electron chi connectivity index (χ3n) is 5.15. The van der Waals surface area contributed by atoms with Crippen LogP contribution in [-0.4, -0.2) is 51.5 Å². The minimum Gasteiger partial charge on any atom is -0.444 e. The van der Waals surface area contributed by atoms with Gasteiger partial charge in [-0.05, 0) is 65.5 Å². The zero-order valence-corrected chi connectivity index (χ0v) is 16.9. The van der Waals surface area contributed by atoms with Crippen LogP contribution in [0.2, 0.25) is 0 Å². The van der Waals surface area contributed by atoms with Crippen LogP contribution in [0.5, 0.6) is 0 Å². The Balaban J connectivity index is 1.70. The average Bonchev–Trinajstić information content (AvgIpc) is 3.46. The highest BCUT2D eigenvalue weighted by molar-refractivity contribution is 5.81. The SMILES string of the molecule is CC(c1ccccn1)N(C(=O)C1CCCN(C(=O)OC(C)(C)C)C1)C1CC1. The van der Waals surface area contributed by atoms with Crippen molar-refractivity contribution in [3.8, 4) is 0 Å². The Kier molecular flexibility index (Phi) is 5.72. The lowest BCUT2D eigenvalue weighted by molar-refractivity contribution is -0.140. The Labute approximate surface area is 161 Å². The number of amides is 2. The fourth-order valence-electron chi connectivity index (χ4n) is 3.69. The molecule has 2 amide bonds. The van der Waals surface area contributed by atoms with Crippen LogP contribution in [0.4, 0.5) is 4.79 Å². The molecule has 6 nitrogen and oxygen atoms in total. The smallest absolute Gasteiger partial charge is 0.410 e. The predicted octanol–water partition coefficient (Wildman–Crippen LogP) is 3.78. The van der Waals surface area contributed by atoms with Crippen LogP contribution in [0.25, 0.3) is 0 Å². The molecule has 148 valence electrons. The molecule has 2 unspecified atom stereocenters. The molecule has 2 aliphatic rings. The average molecular weight is 373 g/mol. The lowest BCUT2D eigenvalue weighted by atomic mass is 9.95. The Hall–Kier alpha value is -2.11. The highest BCUT2D eigenvalue weighted by Gasteiger charge is 2.41. The van der Waals surface area contributed by atoms with Gasteiger partial charge in [0.05, 0.1) is 17.7 Å². The summed E-state index contributed by atoms with van der Waals surface area (Å²) in [6.45, 7) is 8.72. The number of pyridine rings is 1. The number of rotatable bonds is 4. The molecule has 1 aromatic heterocycles. The zero-order chi connectivity index (χ0) is 19.6. The lowest BCUT2D eigenvalue weighted by Gasteiger charge is -2.37. The van der Waals surface area contributed by atoms with E-state index in [-0.39, 0.29) is 24.0 Å². The topological polar surface area (TPSA) is 62.7 Å². The first kappa shape index (κ1) is 19.6. The summed E-state index contributed by atoms with van der Waals surface area (Å²) in [5.74, 6) is -0.0260. The number of carbonyl (C=O) groups excluding carboxylic acids is 2. The second-order valence-electron chi connectivity index (χ2n) is 8.67. The van der Waals surface area contributed by atoms with E-state index in [1.54, 1.807) is 11.1 Å². The van der Waals surface area contributed by atoms with Crippen LogP contribution in [0.1, 0.15) is 65.1 Å². The van der Waals surface area contributed by atoms with Crippen molar-refractivity contribution >= 4 is 12.0 Å². The monoisotopic (exact) mass is 373 g/mol. The lowest BCUT2D eigenvalue weighted by Crippen LogP contribution is -2.49. The van der Waals surface area contributed by atoms with Gasteiger partial charge in [0.25, 0.3) is 0 Å². The van der Waals surface area contributed by atoms with E-state index in [0.29, 0.717) is 19.1 Å². The predicted molar refractivity (Wildman–Crippen MR) is 103 cm³/mol. The van der Waals surface area contributed by atoms with Gasteiger partial charge in [-0.15, -0.1) is 0 Å². The third-order valence-corrected chi connectivity index (χ3v) is 5.15. The molecule has 27 heavy (non-hydrogen) atoms. The Morgan fingerprint density at radius 1 is 1.26 bits per heavy atom. The van der Waals surface area contributed by atoms with Crippen molar-refractivity contribution < 1.29 is 14.3 Å². The first-order chi connectivity index (χ1) is 12.8. The summed E-state index contributed by atoms with van der Waals surface area (Å²) in [6, 6.07) is 6.06. The minimum atomic E-state index is -0.526. The van der Waals surface area contributed by atoms with Crippen LogP contribution >= 0.6 is 0 Å². The largest absolute Gasteiger partial charge is 0.444 e. The van der Waals surface area contributed by atoms with E-state index in [1.807, 2.05) is 50.8 Å². The number of nitrogens with zero attached hydrogens (tertiary/aromatic N) is 3. The number of hydrogen-bond donors (Lipinski definition) is 0. The maximum absolute atomic E-state index is 13.4. The van der Waals surface area contributed by atoms with Crippen molar-refractivity contribution in [1.82, 2.24) is 14.8 Å². The van der Waals surface area contributed by atoms with E-state index in [4.69, 9.17) is 4.74 Å². The normalized spacial score (nSPS) is 21.5. The summed E-state index contributed by atoms with van der Waals surface area (Å²) in [5.41, 5.74) is 0.388. The first-order valence-electron chi connectivity index (χ1n) is 9.97. The molecule has 2 atom stereocenters. The molecule has 0 radical (unpaired) electrons. The Morgan fingerprint density at radius 3 is 2.59 bits per heavy atom. The quantitative estimate of drug-likeness (QED) is 0.806. The van der Waals surface area contributed by atoms with Crippen molar-refractivity contribution in [3.05, 3.63) is 30.1 Å². The first-order valence-corrected chi connectivity index (χ1v) is 9.97. The van der Waals surface area contributed by atoms with Gasteiger partial charge in [-0.3, -0.25) is 9.78 Å². The zero-order valence-electron chi connectivity index (χ0n) is 16.9. The number of carbonyl (C=O) groups is 2. The van der Waals surface area contributed by atoms with Crippen molar-refractivity contribution in [1.29, 1.82) is 0 Å². The summed E-state index contributed by atoms with van der Waals surface area (Å²) in [6.07, 6.45) is 5.18. The highest BCUT2D eigenvalue weighted by atomic mass is 16.6. The number of likely N-dealkylation sites (tertiary alicyclic amines) is 1. The van der Waals surface area contributed by atoms with E-state index < -0.39 is 5.60 Å². The maximum Gasteiger partial charge on any atom is 0.410 e. The van der Waals surface area contributed by atoms with E-state index in [9.17, 15) is 9.59 Å². The number of aromatic nitrogens is 1. The van der Waals surface area contributed by atoms with Gasteiger partial charge in [-0.2, -0.15) is 0 Å². The molecule has 1 aromatic rings. The number of piperidine rings is 1. The van der Waals surface area contributed by atoms with Gasteiger partial charge < -0.3 is 14.5 Å². The van der Waals surface area contributed by atoms with Crippen molar-refractivity contribution in [2.45, 2.75) is 71.1 Å². The fourth-order valence-corrected chi connectivity index (χ4v) is 3.69. The highest BCUT2D eigenvalue weighted by Crippen LogP contribution is 2.36. The Morgan fingerprint density at radius 2 is 2.00 bits per heavy atom. The van der Waals surface area contributed by atoms with Crippen LogP contribution in [-0.2, 0) is 9.53 Å². The fraction of sp³-hybridized carbons (Fsp3) is 0.667. The molecule has 1 aliphatic heterocycles. The van der Waals surface area contributed by atoms with Gasteiger partial charge in [0.1, 0.15) is 5.60 Å². The van der Waals surface area contributed by atoms with Crippen LogP contribution < -0.4 is 0 Å². The molecule has 6 heteroatoms. The second-order valence-corrected chi connectivity index (χ2v) is 8.67. The molecule has 1 aliphatic carbocycles. The van der Waals surface area contributed by atoms with Crippen LogP contribution in [0, 0.1) is 5.92 Å². The van der Waals surface area contributed by atoms with Gasteiger partial charge in [0, 0.05) is 25.3 Å². The molecular weight excluding hydrogens is 342 g/mol. The van der Waals surface area contributed by atoms with Crippen molar-refractivity contribution in [2.24, 2.45) is 5.92 Å². The molecule has 3 rings (SSSR count). The summed E-state index contributed by atoms with van der Waals surface area (Å²) < 4.78 is 5.49. The standard InChI is InChI=1S/C21H31N3O3/c1-15(18-9-5-6-12-22-18)24(17-10-11-17)19(25)16-8-7-13-23(14-16)20(26)27-21(2,3)4/h5-6,9,12,15-17H,7-8,10-11,13-14H2,1-4H3. The molecule has 1 saturated heterocycles. The minimum absolute atomic E-state index is 0.0527. The van der Waals surface area contributed by atoms with E-state index >= 15 is 0 Å². The molecule has 0 bridgehead atoms. The molecule has 2 heterocycles. The molecular formula is C21H31N3O3. The summed E-state index contributed by atoms with van der Waals surface area (Å²) in [5, 5.41) is 0. The van der Waals surface area contributed by atoms with Gasteiger partial charge in [0.2, 0.25) is 5.91 Å². The van der Waals surface area contributed by atoms with Gasteiger partial charge in [-0.1, -0.05) is 6.07 Å². The third kappa shape index (κ3) is 4.99. The van der Waals surface area contributed by atoms with Crippen molar-refractivity contribution in [3.63, 3.8) is 0 Å². The maximum atomic E-state index is 13.4. The molecule has 0 aromatic carbocycles. The van der Waals surface area contributed by atoms with E-state index in [0.717, 1.165) is 31.4 Å². The Bertz CT molecular complexity index is 667. The van der Waals surface area contributed by atoms with Crippen molar-refractivity contribution in [2.75, 3.05) is 13.1 Å².